The van der Waals surface area contributed by atoms with Crippen molar-refractivity contribution in [3.8, 4) is 51.0 Å². The van der Waals surface area contributed by atoms with Crippen LogP contribution in [0.3, 0.4) is 0 Å². The van der Waals surface area contributed by atoms with Gasteiger partial charge in [0.15, 0.2) is 17.5 Å². The van der Waals surface area contributed by atoms with Gasteiger partial charge in [-0.05, 0) is 40.4 Å². The molecule has 1 aliphatic heterocycles. The first-order valence-electron chi connectivity index (χ1n) is 18.1. The Labute approximate surface area is 311 Å². The second-order valence-corrected chi connectivity index (χ2v) is 13.5. The van der Waals surface area contributed by atoms with Gasteiger partial charge in [-0.2, -0.15) is 0 Å². The van der Waals surface area contributed by atoms with Crippen molar-refractivity contribution in [3.05, 3.63) is 182 Å². The Bertz CT molecular complexity index is 3000. The molecule has 54 heavy (non-hydrogen) atoms. The third-order valence-corrected chi connectivity index (χ3v) is 10.4. The molecule has 0 radical (unpaired) electrons. The highest BCUT2D eigenvalue weighted by molar-refractivity contribution is 6.22. The lowest BCUT2D eigenvalue weighted by atomic mass is 9.93. The first-order valence-corrected chi connectivity index (χ1v) is 18.1. The summed E-state index contributed by atoms with van der Waals surface area (Å²) < 4.78 is 2.30. The van der Waals surface area contributed by atoms with E-state index in [0.29, 0.717) is 17.5 Å². The lowest BCUT2D eigenvalue weighted by molar-refractivity contribution is 1.05. The number of fused-ring (bicyclic) bond motifs is 10. The Hall–Kier alpha value is -7.44. The van der Waals surface area contributed by atoms with E-state index >= 15 is 0 Å². The van der Waals surface area contributed by atoms with Gasteiger partial charge >= 0.3 is 0 Å². The average molecular weight is 691 g/mol. The molecule has 8 aromatic carbocycles. The second-order valence-electron chi connectivity index (χ2n) is 13.5. The number of anilines is 3. The van der Waals surface area contributed by atoms with Gasteiger partial charge in [0.25, 0.3) is 0 Å². The summed E-state index contributed by atoms with van der Waals surface area (Å²) in [6, 6.07) is 63.2. The van der Waals surface area contributed by atoms with Crippen LogP contribution in [0.2, 0.25) is 0 Å². The summed E-state index contributed by atoms with van der Waals surface area (Å²) in [5, 5.41) is 4.36. The minimum atomic E-state index is 0.585. The number of aromatic nitrogens is 5. The molecule has 10 aromatic rings. The molecule has 6 heteroatoms. The van der Waals surface area contributed by atoms with Crippen LogP contribution in [0.5, 0.6) is 0 Å². The number of rotatable bonds is 4. The van der Waals surface area contributed by atoms with Crippen molar-refractivity contribution in [1.29, 1.82) is 0 Å². The zero-order chi connectivity index (χ0) is 35.6. The summed E-state index contributed by atoms with van der Waals surface area (Å²) in [6.45, 7) is 0. The average Bonchev–Trinajstić information content (AvgIpc) is 3.58. The number of hydrogen-bond acceptors (Lipinski definition) is 5. The van der Waals surface area contributed by atoms with Gasteiger partial charge in [-0.25, -0.2) is 19.9 Å². The Morgan fingerprint density at radius 1 is 0.352 bits per heavy atom. The Balaban J connectivity index is 1.34. The van der Waals surface area contributed by atoms with Crippen LogP contribution in [0.15, 0.2) is 182 Å². The third-order valence-electron chi connectivity index (χ3n) is 10.4. The maximum Gasteiger partial charge on any atom is 0.220 e. The summed E-state index contributed by atoms with van der Waals surface area (Å²) in [5.74, 6) is 2.59. The zero-order valence-corrected chi connectivity index (χ0v) is 29.0. The van der Waals surface area contributed by atoms with Gasteiger partial charge in [0.1, 0.15) is 0 Å². The van der Waals surface area contributed by atoms with Crippen molar-refractivity contribution in [1.82, 2.24) is 24.5 Å². The Morgan fingerprint density at radius 2 is 0.833 bits per heavy atom. The van der Waals surface area contributed by atoms with E-state index in [-0.39, 0.29) is 0 Å². The monoisotopic (exact) mass is 690 g/mol. The maximum atomic E-state index is 5.46. The second kappa shape index (κ2) is 12.1. The quantitative estimate of drug-likeness (QED) is 0.172. The molecule has 0 unspecified atom stereocenters. The molecule has 0 saturated carbocycles. The molecule has 252 valence electrons. The largest absolute Gasteiger partial charge is 0.278 e. The van der Waals surface area contributed by atoms with Gasteiger partial charge in [0, 0.05) is 27.6 Å². The van der Waals surface area contributed by atoms with Crippen LogP contribution in [0.25, 0.3) is 83.6 Å². The highest BCUT2D eigenvalue weighted by atomic mass is 15.3. The van der Waals surface area contributed by atoms with Gasteiger partial charge in [-0.3, -0.25) is 9.47 Å². The minimum absolute atomic E-state index is 0.585. The normalized spacial score (nSPS) is 12.0. The number of nitrogens with zero attached hydrogens (tertiary/aromatic N) is 6. The Morgan fingerprint density at radius 3 is 1.52 bits per heavy atom. The summed E-state index contributed by atoms with van der Waals surface area (Å²) in [7, 11) is 0. The molecule has 0 atom stereocenters. The molecule has 0 N–H and O–H groups in total. The number of para-hydroxylation sites is 4. The van der Waals surface area contributed by atoms with E-state index in [9.17, 15) is 0 Å². The van der Waals surface area contributed by atoms with Gasteiger partial charge < -0.3 is 0 Å². The van der Waals surface area contributed by atoms with E-state index in [2.05, 4.69) is 155 Å². The maximum absolute atomic E-state index is 5.46. The summed E-state index contributed by atoms with van der Waals surface area (Å²) in [4.78, 5) is 23.6. The lowest BCUT2D eigenvalue weighted by Crippen LogP contribution is -2.16. The zero-order valence-electron chi connectivity index (χ0n) is 29.0. The molecule has 0 amide bonds. The molecule has 1 aliphatic rings. The van der Waals surface area contributed by atoms with Crippen molar-refractivity contribution < 1.29 is 0 Å². The number of benzene rings is 8. The topological polar surface area (TPSA) is 59.7 Å². The van der Waals surface area contributed by atoms with E-state index in [1.807, 2.05) is 36.4 Å². The van der Waals surface area contributed by atoms with Crippen LogP contribution in [0.1, 0.15) is 0 Å². The lowest BCUT2D eigenvalue weighted by Gasteiger charge is -2.29. The summed E-state index contributed by atoms with van der Waals surface area (Å²) in [6.07, 6.45) is 0. The Kier molecular flexibility index (Phi) is 6.75. The molecule has 2 aromatic heterocycles. The van der Waals surface area contributed by atoms with Gasteiger partial charge in [-0.1, -0.05) is 158 Å². The van der Waals surface area contributed by atoms with Crippen LogP contribution >= 0.6 is 0 Å². The molecular formula is C48H30N6. The van der Waals surface area contributed by atoms with Crippen LogP contribution in [0.4, 0.5) is 17.3 Å². The van der Waals surface area contributed by atoms with E-state index in [0.717, 1.165) is 83.4 Å². The van der Waals surface area contributed by atoms with Crippen LogP contribution in [-0.4, -0.2) is 24.5 Å². The molecule has 0 fully saturated rings. The first kappa shape index (κ1) is 30.2. The molecule has 0 aliphatic carbocycles. The van der Waals surface area contributed by atoms with Gasteiger partial charge in [0.05, 0.1) is 33.7 Å². The molecule has 0 saturated heterocycles. The third kappa shape index (κ3) is 4.60. The van der Waals surface area contributed by atoms with Gasteiger partial charge in [-0.15, -0.1) is 0 Å². The van der Waals surface area contributed by atoms with E-state index in [1.165, 1.54) is 0 Å². The van der Waals surface area contributed by atoms with Crippen molar-refractivity contribution in [3.63, 3.8) is 0 Å². The molecular weight excluding hydrogens is 661 g/mol. The minimum Gasteiger partial charge on any atom is -0.278 e. The molecule has 0 bridgehead atoms. The van der Waals surface area contributed by atoms with Crippen LogP contribution in [-0.2, 0) is 0 Å². The van der Waals surface area contributed by atoms with Crippen molar-refractivity contribution in [2.24, 2.45) is 0 Å². The molecule has 3 heterocycles. The molecule has 11 rings (SSSR count). The number of hydrogen-bond donors (Lipinski definition) is 0. The van der Waals surface area contributed by atoms with Crippen molar-refractivity contribution >= 4 is 49.9 Å². The summed E-state index contributed by atoms with van der Waals surface area (Å²) >= 11 is 0. The van der Waals surface area contributed by atoms with Crippen LogP contribution < -0.4 is 4.90 Å². The molecule has 0 spiro atoms. The molecule has 6 nitrogen and oxygen atoms in total. The summed E-state index contributed by atoms with van der Waals surface area (Å²) in [5.41, 5.74) is 9.96. The van der Waals surface area contributed by atoms with E-state index in [4.69, 9.17) is 19.9 Å². The van der Waals surface area contributed by atoms with E-state index in [1.54, 1.807) is 0 Å². The SMILES string of the molecule is c1ccc(-c2nc(-c3ccccc3)nc(-c3c(N4c5ccccc5-c5ccccc5-n5c4nc4ccccc45)c4ccccc4c4ccccc34)n2)cc1. The van der Waals surface area contributed by atoms with E-state index < -0.39 is 0 Å². The highest BCUT2D eigenvalue weighted by Crippen LogP contribution is 2.53. The number of imidazole rings is 1. The smallest absolute Gasteiger partial charge is 0.220 e. The fraction of sp³-hybridized carbons (Fsp3) is 0. The van der Waals surface area contributed by atoms with Gasteiger partial charge in [0.2, 0.25) is 5.95 Å². The highest BCUT2D eigenvalue weighted by Gasteiger charge is 2.33. The fourth-order valence-electron chi connectivity index (χ4n) is 8.02. The predicted octanol–water partition coefficient (Wildman–Crippen LogP) is 12.0. The standard InChI is InChI=1S/C48H30N6/c1-3-17-31(18-4-1)45-50-46(32-19-5-2-6-20-32)52-47(51-45)43-37-25-9-7-21-33(37)34-22-8-10-26-38(34)44(43)54-41-29-15-12-24-36(41)35-23-11-14-28-40(35)53-42-30-16-13-27-39(42)49-48(53)54/h1-30H. The predicted molar refractivity (Wildman–Crippen MR) is 219 cm³/mol. The van der Waals surface area contributed by atoms with Crippen molar-refractivity contribution in [2.75, 3.05) is 4.90 Å². The van der Waals surface area contributed by atoms with Crippen molar-refractivity contribution in [2.45, 2.75) is 0 Å². The first-order chi connectivity index (χ1) is 26.8. The fourth-order valence-corrected chi connectivity index (χ4v) is 8.02. The van der Waals surface area contributed by atoms with Crippen LogP contribution in [0, 0.1) is 0 Å².